The summed E-state index contributed by atoms with van der Waals surface area (Å²) in [6.45, 7) is 11.5. The molecule has 12 atom stereocenters. The Hall–Kier alpha value is -5.36. The van der Waals surface area contributed by atoms with Crippen LogP contribution in [-0.2, 0) is 47.5 Å². The van der Waals surface area contributed by atoms with Gasteiger partial charge in [0.05, 0.1) is 35.6 Å². The van der Waals surface area contributed by atoms with Gasteiger partial charge in [-0.3, -0.25) is 9.59 Å². The normalized spacial score (nSPS) is 34.5. The Kier molecular flexibility index (Phi) is 10.9. The molecule has 2 saturated heterocycles. The zero-order valence-electron chi connectivity index (χ0n) is 35.0. The number of carbonyl (C=O) groups is 6. The molecular formula is C44H51NO16. The van der Waals surface area contributed by atoms with E-state index in [0.717, 1.165) is 6.92 Å². The van der Waals surface area contributed by atoms with E-state index in [2.05, 4.69) is 5.32 Å². The van der Waals surface area contributed by atoms with Crippen molar-refractivity contribution in [1.82, 2.24) is 5.32 Å². The fraction of sp³-hybridized carbons (Fsp3) is 0.545. The number of hydrogen-bond donors (Lipinski definition) is 4. The number of aliphatic hydroxyl groups excluding tert-OH is 3. The molecule has 0 aromatic heterocycles. The molecule has 0 radical (unpaired) electrons. The van der Waals surface area contributed by atoms with Gasteiger partial charge in [-0.25, -0.2) is 19.2 Å². The monoisotopic (exact) mass is 849 g/mol. The predicted octanol–water partition coefficient (Wildman–Crippen LogP) is 3.41. The number of carbonyl (C=O) groups excluding carboxylic acids is 6. The molecule has 4 fully saturated rings. The van der Waals surface area contributed by atoms with Crippen LogP contribution in [0.25, 0.3) is 0 Å². The molecule has 17 nitrogen and oxygen atoms in total. The average Bonchev–Trinajstić information content (AvgIpc) is 3.55. The highest BCUT2D eigenvalue weighted by atomic mass is 16.8. The quantitative estimate of drug-likeness (QED) is 0.169. The average molecular weight is 850 g/mol. The molecule has 4 N–H and O–H groups in total. The third-order valence-corrected chi connectivity index (χ3v) is 13.0. The number of benzene rings is 2. The van der Waals surface area contributed by atoms with Gasteiger partial charge in [0.2, 0.25) is 5.60 Å². The maximum atomic E-state index is 15.1. The minimum atomic E-state index is -2.34. The third-order valence-electron chi connectivity index (χ3n) is 13.0. The zero-order chi connectivity index (χ0) is 44.6. The number of ketones is 1. The van der Waals surface area contributed by atoms with E-state index in [9.17, 15) is 39.3 Å². The van der Waals surface area contributed by atoms with Crippen molar-refractivity contribution in [2.75, 3.05) is 6.61 Å². The summed E-state index contributed by atoms with van der Waals surface area (Å²) in [6.07, 6.45) is -14.8. The maximum Gasteiger partial charge on any atom is 0.509 e. The van der Waals surface area contributed by atoms with Crippen LogP contribution in [0.15, 0.2) is 71.8 Å². The van der Waals surface area contributed by atoms with Gasteiger partial charge in [0.25, 0.3) is 0 Å². The number of alkyl carbamates (subject to hydrolysis) is 1. The molecule has 2 saturated carbocycles. The van der Waals surface area contributed by atoms with Gasteiger partial charge in [0, 0.05) is 18.8 Å². The van der Waals surface area contributed by atoms with Gasteiger partial charge in [-0.2, -0.15) is 0 Å². The standard InChI is InChI=1S/C44H51NO16/c1-21-27-29(48)33(50)42(8)25(47)19-26-43(20-55-26,59-22(2)46)32(42)35(57-36(51)24-17-13-10-14-18-24)44(41(27,6)7)34(58-39(54)61-44)31(21)56-37(52)30(49)28(23-15-11-9-12-16-23)45-38(53)60-40(3,4)5/h9-18,25-26,28-32,34-35,47-49H,19-20H2,1-8H3,(H,45,53)/t25-,26+,28-,29+,30+,31+,32?,34-,35-,42+,43-,44+/m0/s1. The van der Waals surface area contributed by atoms with Crippen molar-refractivity contribution < 1.29 is 77.2 Å². The van der Waals surface area contributed by atoms with Crippen molar-refractivity contribution in [3.05, 3.63) is 82.9 Å². The van der Waals surface area contributed by atoms with E-state index in [1.165, 1.54) is 39.8 Å². The lowest BCUT2D eigenvalue weighted by molar-refractivity contribution is -0.345. The number of esters is 3. The van der Waals surface area contributed by atoms with Crippen molar-refractivity contribution in [1.29, 1.82) is 0 Å². The number of nitrogens with one attached hydrogen (secondary N) is 1. The Bertz CT molecular complexity index is 2150. The first-order valence-electron chi connectivity index (χ1n) is 20.0. The fourth-order valence-electron chi connectivity index (χ4n) is 10.3. The number of hydrogen-bond acceptors (Lipinski definition) is 16. The first-order valence-corrected chi connectivity index (χ1v) is 20.0. The summed E-state index contributed by atoms with van der Waals surface area (Å²) in [5.41, 5.74) is -8.72. The van der Waals surface area contributed by atoms with E-state index in [1.54, 1.807) is 69.3 Å². The molecule has 2 bridgehead atoms. The summed E-state index contributed by atoms with van der Waals surface area (Å²) in [4.78, 5) is 83.7. The molecule has 2 heterocycles. The van der Waals surface area contributed by atoms with E-state index in [-0.39, 0.29) is 35.3 Å². The summed E-state index contributed by atoms with van der Waals surface area (Å²) >= 11 is 0. The highest BCUT2D eigenvalue weighted by Gasteiger charge is 2.83. The van der Waals surface area contributed by atoms with Crippen LogP contribution in [0, 0.1) is 16.7 Å². The van der Waals surface area contributed by atoms with Crippen molar-refractivity contribution >= 4 is 35.9 Å². The van der Waals surface area contributed by atoms with E-state index < -0.39 is 118 Å². The second-order valence-corrected chi connectivity index (χ2v) is 18.1. The fourth-order valence-corrected chi connectivity index (χ4v) is 10.3. The SMILES string of the molecule is CC(=O)O[C@@]12CO[C@@H]1C[C@H](O)[C@@]1(C)C(=O)[C@H](O)C3=C(C)[C@@H](OC(=O)[C@H](O)[C@@H](NC(=O)OC(C)(C)C)c4ccccc4)[C@@H]4OC(=O)O[C@]4([C@@H](OC(=O)c4ccccc4)C12)C3(C)C. The van der Waals surface area contributed by atoms with Crippen LogP contribution >= 0.6 is 0 Å². The van der Waals surface area contributed by atoms with E-state index >= 15 is 4.79 Å². The van der Waals surface area contributed by atoms with Gasteiger partial charge in [-0.05, 0) is 63.5 Å². The Labute approximate surface area is 351 Å². The van der Waals surface area contributed by atoms with Gasteiger partial charge >= 0.3 is 30.2 Å². The Morgan fingerprint density at radius 1 is 0.934 bits per heavy atom. The molecule has 1 spiro atoms. The lowest BCUT2D eigenvalue weighted by atomic mass is 9.44. The maximum absolute atomic E-state index is 15.1. The molecule has 3 aliphatic carbocycles. The first kappa shape index (κ1) is 43.7. The Balaban J connectivity index is 1.42. The van der Waals surface area contributed by atoms with Crippen LogP contribution < -0.4 is 5.32 Å². The summed E-state index contributed by atoms with van der Waals surface area (Å²) in [5, 5.41) is 38.6. The molecule has 1 unspecified atom stereocenters. The highest BCUT2D eigenvalue weighted by Crippen LogP contribution is 2.66. The summed E-state index contributed by atoms with van der Waals surface area (Å²) in [5.74, 6) is -5.70. The molecule has 2 aromatic rings. The van der Waals surface area contributed by atoms with Crippen molar-refractivity contribution in [3.63, 3.8) is 0 Å². The summed E-state index contributed by atoms with van der Waals surface area (Å²) in [7, 11) is 0. The zero-order valence-corrected chi connectivity index (χ0v) is 35.0. The van der Waals surface area contributed by atoms with E-state index in [4.69, 9.17) is 33.2 Å². The second kappa shape index (κ2) is 15.2. The smallest absolute Gasteiger partial charge is 0.454 e. The number of aliphatic hydroxyl groups is 3. The minimum Gasteiger partial charge on any atom is -0.454 e. The molecule has 1 amide bonds. The van der Waals surface area contributed by atoms with Crippen molar-refractivity contribution in [2.24, 2.45) is 16.7 Å². The van der Waals surface area contributed by atoms with E-state index in [0.29, 0.717) is 0 Å². The Morgan fingerprint density at radius 2 is 1.56 bits per heavy atom. The predicted molar refractivity (Wildman–Crippen MR) is 208 cm³/mol. The number of ether oxygens (including phenoxy) is 7. The molecule has 61 heavy (non-hydrogen) atoms. The van der Waals surface area contributed by atoms with Crippen LogP contribution in [-0.4, -0.2) is 117 Å². The van der Waals surface area contributed by atoms with Crippen LogP contribution in [0.2, 0.25) is 0 Å². The highest BCUT2D eigenvalue weighted by molar-refractivity contribution is 5.94. The molecule has 328 valence electrons. The van der Waals surface area contributed by atoms with Gasteiger partial charge < -0.3 is 53.8 Å². The minimum absolute atomic E-state index is 0.0155. The van der Waals surface area contributed by atoms with Crippen molar-refractivity contribution in [3.8, 4) is 0 Å². The Morgan fingerprint density at radius 3 is 2.13 bits per heavy atom. The van der Waals surface area contributed by atoms with Crippen LogP contribution in [0.1, 0.15) is 83.8 Å². The molecule has 17 heteroatoms. The van der Waals surface area contributed by atoms with E-state index in [1.807, 2.05) is 0 Å². The van der Waals surface area contributed by atoms with Crippen LogP contribution in [0.5, 0.6) is 0 Å². The van der Waals surface area contributed by atoms with Crippen LogP contribution in [0.4, 0.5) is 9.59 Å². The number of rotatable bonds is 8. The van der Waals surface area contributed by atoms with Gasteiger partial charge in [-0.1, -0.05) is 62.4 Å². The topological polar surface area (TPSA) is 240 Å². The van der Waals surface area contributed by atoms with Crippen LogP contribution in [0.3, 0.4) is 0 Å². The molecule has 5 aliphatic rings. The molecule has 2 aliphatic heterocycles. The second-order valence-electron chi connectivity index (χ2n) is 18.1. The molecular weight excluding hydrogens is 798 g/mol. The molecule has 2 aromatic carbocycles. The lowest BCUT2D eigenvalue weighted by Crippen LogP contribution is -2.83. The number of Topliss-reactive ketones (excluding diaryl/α,β-unsaturated/α-hetero) is 1. The van der Waals surface area contributed by atoms with Gasteiger partial charge in [0.1, 0.15) is 17.8 Å². The molecule has 7 rings (SSSR count). The number of amides is 1. The first-order chi connectivity index (χ1) is 28.5. The summed E-state index contributed by atoms with van der Waals surface area (Å²) < 4.78 is 42.0. The van der Waals surface area contributed by atoms with Gasteiger partial charge in [-0.15, -0.1) is 0 Å². The number of fused-ring (bicyclic) bond motifs is 4. The third kappa shape index (κ3) is 6.85. The van der Waals surface area contributed by atoms with Crippen molar-refractivity contribution in [2.45, 2.75) is 127 Å². The summed E-state index contributed by atoms with van der Waals surface area (Å²) in [6, 6.07) is 14.3. The largest absolute Gasteiger partial charge is 0.509 e. The van der Waals surface area contributed by atoms with Gasteiger partial charge in [0.15, 0.2) is 35.8 Å². The lowest BCUT2D eigenvalue weighted by Gasteiger charge is -2.67.